The molecule has 104 valence electrons. The zero-order valence-corrected chi connectivity index (χ0v) is 11.8. The summed E-state index contributed by atoms with van der Waals surface area (Å²) in [4.78, 5) is 0. The van der Waals surface area contributed by atoms with Crippen LogP contribution >= 0.6 is 0 Å². The molecule has 0 aliphatic carbocycles. The van der Waals surface area contributed by atoms with E-state index in [1.807, 2.05) is 55.5 Å². The van der Waals surface area contributed by atoms with Crippen LogP contribution in [0, 0.1) is 18.3 Å². The average molecular weight is 277 g/mol. The van der Waals surface area contributed by atoms with Crippen LogP contribution in [0.2, 0.25) is 0 Å². The molecule has 3 rings (SSSR count). The number of furan rings is 1. The van der Waals surface area contributed by atoms with Gasteiger partial charge in [-0.1, -0.05) is 30.3 Å². The average Bonchev–Trinajstić information content (AvgIpc) is 2.93. The Bertz CT molecular complexity index is 811. The summed E-state index contributed by atoms with van der Waals surface area (Å²) in [5.74, 6) is 1.71. The van der Waals surface area contributed by atoms with Crippen LogP contribution in [0.25, 0.3) is 10.8 Å². The normalized spacial score (nSPS) is 10.7. The van der Waals surface area contributed by atoms with Crippen LogP contribution in [0.5, 0.6) is 0 Å². The highest BCUT2D eigenvalue weighted by atomic mass is 16.5. The molecule has 0 aliphatic rings. The Labute approximate surface area is 123 Å². The lowest BCUT2D eigenvalue weighted by Gasteiger charge is -2.08. The molecule has 0 unspecified atom stereocenters. The molecule has 1 heterocycles. The van der Waals surface area contributed by atoms with Crippen molar-refractivity contribution >= 4 is 10.8 Å². The predicted octanol–water partition coefficient (Wildman–Crippen LogP) is 4.33. The molecular weight excluding hydrogens is 262 g/mol. The summed E-state index contributed by atoms with van der Waals surface area (Å²) in [7, 11) is 0. The summed E-state index contributed by atoms with van der Waals surface area (Å²) in [6, 6.07) is 17.8. The second kappa shape index (κ2) is 5.82. The quantitative estimate of drug-likeness (QED) is 0.713. The fraction of sp³-hybridized carbons (Fsp3) is 0.167. The molecular formula is C18H15NO2. The van der Waals surface area contributed by atoms with Crippen molar-refractivity contribution < 1.29 is 9.15 Å². The van der Waals surface area contributed by atoms with Gasteiger partial charge in [0.2, 0.25) is 0 Å². The maximum Gasteiger partial charge on any atom is 0.129 e. The van der Waals surface area contributed by atoms with Crippen molar-refractivity contribution in [2.75, 3.05) is 0 Å². The first-order valence-electron chi connectivity index (χ1n) is 6.82. The first kappa shape index (κ1) is 13.4. The topological polar surface area (TPSA) is 46.2 Å². The molecule has 0 aliphatic heterocycles. The van der Waals surface area contributed by atoms with E-state index >= 15 is 0 Å². The van der Waals surface area contributed by atoms with Crippen LogP contribution in [0.1, 0.15) is 22.6 Å². The summed E-state index contributed by atoms with van der Waals surface area (Å²) in [5.41, 5.74) is 1.77. The second-order valence-corrected chi connectivity index (χ2v) is 4.93. The van der Waals surface area contributed by atoms with Crippen LogP contribution in [0.4, 0.5) is 0 Å². The number of nitriles is 1. The molecule has 0 saturated carbocycles. The van der Waals surface area contributed by atoms with Gasteiger partial charge in [-0.15, -0.1) is 0 Å². The number of fused-ring (bicyclic) bond motifs is 1. The third-order valence-corrected chi connectivity index (χ3v) is 3.43. The fourth-order valence-corrected chi connectivity index (χ4v) is 2.41. The summed E-state index contributed by atoms with van der Waals surface area (Å²) in [5, 5.41) is 11.2. The van der Waals surface area contributed by atoms with E-state index in [1.165, 1.54) is 0 Å². The highest BCUT2D eigenvalue weighted by Gasteiger charge is 2.06. The smallest absolute Gasteiger partial charge is 0.129 e. The Morgan fingerprint density at radius 3 is 2.52 bits per heavy atom. The standard InChI is InChI=1S/C18H15NO2/c1-13-6-9-16(21-13)12-20-11-15-8-7-14(10-19)17-4-2-3-5-18(15)17/h2-9H,11-12H2,1H3. The van der Waals surface area contributed by atoms with Gasteiger partial charge in [-0.05, 0) is 41.5 Å². The molecule has 0 saturated heterocycles. The number of aryl methyl sites for hydroxylation is 1. The zero-order valence-electron chi connectivity index (χ0n) is 11.8. The Hall–Kier alpha value is -2.57. The fourth-order valence-electron chi connectivity index (χ4n) is 2.41. The molecule has 2 aromatic carbocycles. The number of nitrogens with zero attached hydrogens (tertiary/aromatic N) is 1. The Morgan fingerprint density at radius 2 is 1.81 bits per heavy atom. The summed E-state index contributed by atoms with van der Waals surface area (Å²) >= 11 is 0. The van der Waals surface area contributed by atoms with Crippen molar-refractivity contribution in [3.8, 4) is 6.07 Å². The number of hydrogen-bond donors (Lipinski definition) is 0. The zero-order chi connectivity index (χ0) is 14.7. The van der Waals surface area contributed by atoms with E-state index in [9.17, 15) is 0 Å². The largest absolute Gasteiger partial charge is 0.464 e. The minimum atomic E-state index is 0.447. The van der Waals surface area contributed by atoms with Gasteiger partial charge >= 0.3 is 0 Å². The molecule has 0 N–H and O–H groups in total. The molecule has 21 heavy (non-hydrogen) atoms. The third kappa shape index (κ3) is 2.81. The van der Waals surface area contributed by atoms with E-state index in [-0.39, 0.29) is 0 Å². The van der Waals surface area contributed by atoms with Crippen molar-refractivity contribution in [3.05, 3.63) is 71.2 Å². The SMILES string of the molecule is Cc1ccc(COCc2ccc(C#N)c3ccccc23)o1. The van der Waals surface area contributed by atoms with Gasteiger partial charge in [0.15, 0.2) is 0 Å². The lowest BCUT2D eigenvalue weighted by Crippen LogP contribution is -1.95. The van der Waals surface area contributed by atoms with Gasteiger partial charge < -0.3 is 9.15 Å². The maximum atomic E-state index is 9.16. The van der Waals surface area contributed by atoms with Gasteiger partial charge in [0.1, 0.15) is 18.1 Å². The molecule has 1 aromatic heterocycles. The number of ether oxygens (including phenoxy) is 1. The van der Waals surface area contributed by atoms with E-state index in [0.717, 1.165) is 27.9 Å². The Morgan fingerprint density at radius 1 is 1.00 bits per heavy atom. The third-order valence-electron chi connectivity index (χ3n) is 3.43. The summed E-state index contributed by atoms with van der Waals surface area (Å²) in [6.45, 7) is 2.85. The number of hydrogen-bond acceptors (Lipinski definition) is 3. The van der Waals surface area contributed by atoms with Crippen LogP contribution in [-0.2, 0) is 18.0 Å². The van der Waals surface area contributed by atoms with Crippen LogP contribution in [-0.4, -0.2) is 0 Å². The summed E-state index contributed by atoms with van der Waals surface area (Å²) in [6.07, 6.45) is 0. The molecule has 0 radical (unpaired) electrons. The molecule has 0 bridgehead atoms. The highest BCUT2D eigenvalue weighted by Crippen LogP contribution is 2.23. The monoisotopic (exact) mass is 277 g/mol. The van der Waals surface area contributed by atoms with Crippen molar-refractivity contribution in [2.24, 2.45) is 0 Å². The predicted molar refractivity (Wildman–Crippen MR) is 80.6 cm³/mol. The van der Waals surface area contributed by atoms with E-state index < -0.39 is 0 Å². The number of benzene rings is 2. The molecule has 3 heteroatoms. The van der Waals surface area contributed by atoms with Gasteiger partial charge in [-0.2, -0.15) is 5.26 Å². The molecule has 0 atom stereocenters. The second-order valence-electron chi connectivity index (χ2n) is 4.93. The molecule has 3 nitrogen and oxygen atoms in total. The van der Waals surface area contributed by atoms with E-state index in [2.05, 4.69) is 6.07 Å². The van der Waals surface area contributed by atoms with Crippen LogP contribution < -0.4 is 0 Å². The minimum absolute atomic E-state index is 0.447. The molecule has 3 aromatic rings. The Balaban J connectivity index is 1.80. The minimum Gasteiger partial charge on any atom is -0.464 e. The van der Waals surface area contributed by atoms with Gasteiger partial charge in [0.05, 0.1) is 18.2 Å². The van der Waals surface area contributed by atoms with Gasteiger partial charge in [0, 0.05) is 0 Å². The van der Waals surface area contributed by atoms with E-state index in [1.54, 1.807) is 0 Å². The van der Waals surface area contributed by atoms with Crippen molar-refractivity contribution in [1.29, 1.82) is 5.26 Å². The van der Waals surface area contributed by atoms with Crippen LogP contribution in [0.15, 0.2) is 52.9 Å². The van der Waals surface area contributed by atoms with Crippen LogP contribution in [0.3, 0.4) is 0 Å². The lowest BCUT2D eigenvalue weighted by atomic mass is 10.0. The van der Waals surface area contributed by atoms with Gasteiger partial charge in [0.25, 0.3) is 0 Å². The Kier molecular flexibility index (Phi) is 3.72. The first-order chi connectivity index (χ1) is 10.3. The van der Waals surface area contributed by atoms with Crippen molar-refractivity contribution in [2.45, 2.75) is 20.1 Å². The van der Waals surface area contributed by atoms with E-state index in [4.69, 9.17) is 14.4 Å². The van der Waals surface area contributed by atoms with Crippen molar-refractivity contribution in [3.63, 3.8) is 0 Å². The number of rotatable bonds is 4. The van der Waals surface area contributed by atoms with Crippen molar-refractivity contribution in [1.82, 2.24) is 0 Å². The maximum absolute atomic E-state index is 9.16. The molecule has 0 fully saturated rings. The van der Waals surface area contributed by atoms with E-state index in [0.29, 0.717) is 18.8 Å². The highest BCUT2D eigenvalue weighted by molar-refractivity contribution is 5.90. The van der Waals surface area contributed by atoms with Gasteiger partial charge in [-0.25, -0.2) is 0 Å². The molecule has 0 spiro atoms. The molecule has 0 amide bonds. The lowest BCUT2D eigenvalue weighted by molar-refractivity contribution is 0.0931. The van der Waals surface area contributed by atoms with Gasteiger partial charge in [-0.3, -0.25) is 0 Å². The summed E-state index contributed by atoms with van der Waals surface area (Å²) < 4.78 is 11.2. The first-order valence-corrected chi connectivity index (χ1v) is 6.82.